The van der Waals surface area contributed by atoms with Gasteiger partial charge in [0.05, 0.1) is 6.04 Å². The predicted octanol–water partition coefficient (Wildman–Crippen LogP) is 4.29. The van der Waals surface area contributed by atoms with Gasteiger partial charge in [-0.3, -0.25) is 14.9 Å². The average Bonchev–Trinajstić information content (AvgIpc) is 2.87. The molecule has 0 aromatic heterocycles. The molecule has 0 saturated carbocycles. The third-order valence-corrected chi connectivity index (χ3v) is 5.32. The molecule has 1 aromatic rings. The van der Waals surface area contributed by atoms with Crippen molar-refractivity contribution < 1.29 is 24.3 Å². The van der Waals surface area contributed by atoms with Gasteiger partial charge in [-0.25, -0.2) is 4.79 Å². The number of amides is 1. The number of allylic oxidation sites excluding steroid dienone is 2. The highest BCUT2D eigenvalue weighted by Gasteiger charge is 2.46. The molecular weight excluding hydrogens is 414 g/mol. The van der Waals surface area contributed by atoms with Crippen LogP contribution in [0.1, 0.15) is 41.0 Å². The minimum Gasteiger partial charge on any atom is -0.444 e. The summed E-state index contributed by atoms with van der Waals surface area (Å²) in [7, 11) is 0. The summed E-state index contributed by atoms with van der Waals surface area (Å²) in [6.45, 7) is 9.44. The van der Waals surface area contributed by atoms with Crippen molar-refractivity contribution in [2.75, 3.05) is 4.90 Å². The van der Waals surface area contributed by atoms with Crippen LogP contribution in [-0.2, 0) is 9.53 Å². The van der Waals surface area contributed by atoms with Crippen molar-refractivity contribution in [2.45, 2.75) is 52.7 Å². The molecule has 1 N–H and O–H groups in total. The fourth-order valence-corrected chi connectivity index (χ4v) is 3.93. The number of anilines is 1. The molecule has 0 bridgehead atoms. The zero-order valence-corrected chi connectivity index (χ0v) is 18.7. The van der Waals surface area contributed by atoms with Crippen molar-refractivity contribution in [1.82, 2.24) is 5.32 Å². The van der Waals surface area contributed by atoms with Crippen molar-refractivity contribution in [3.8, 4) is 5.75 Å². The van der Waals surface area contributed by atoms with Crippen molar-refractivity contribution in [1.29, 1.82) is 0 Å². The van der Waals surface area contributed by atoms with Gasteiger partial charge in [0.25, 0.3) is 5.09 Å². The van der Waals surface area contributed by atoms with Crippen LogP contribution in [0.3, 0.4) is 0 Å². The van der Waals surface area contributed by atoms with E-state index in [2.05, 4.69) is 10.2 Å². The number of ketones is 1. The van der Waals surface area contributed by atoms with E-state index in [4.69, 9.17) is 4.74 Å². The van der Waals surface area contributed by atoms with Gasteiger partial charge in [-0.15, -0.1) is 10.1 Å². The topological polar surface area (TPSA) is 111 Å². The molecule has 0 spiro atoms. The fourth-order valence-electron chi connectivity index (χ4n) is 3.93. The maximum Gasteiger partial charge on any atom is 0.411 e. The Bertz CT molecular complexity index is 1020. The number of rotatable bonds is 5. The second kappa shape index (κ2) is 8.49. The lowest BCUT2D eigenvalue weighted by Gasteiger charge is -2.34. The van der Waals surface area contributed by atoms with E-state index in [1.54, 1.807) is 51.3 Å². The van der Waals surface area contributed by atoms with Gasteiger partial charge in [-0.2, -0.15) is 0 Å². The predicted molar refractivity (Wildman–Crippen MR) is 118 cm³/mol. The highest BCUT2D eigenvalue weighted by atomic mass is 17.0. The summed E-state index contributed by atoms with van der Waals surface area (Å²) in [6.07, 6.45) is 6.48. The number of carbonyl (C=O) groups is 2. The highest BCUT2D eigenvalue weighted by Crippen LogP contribution is 2.49. The molecule has 32 heavy (non-hydrogen) atoms. The summed E-state index contributed by atoms with van der Waals surface area (Å²) in [6, 6.07) is 6.23. The lowest BCUT2D eigenvalue weighted by molar-refractivity contribution is -0.711. The first kappa shape index (κ1) is 23.1. The number of benzene rings is 1. The fraction of sp³-hybridized carbons (Fsp3) is 0.391. The molecule has 9 nitrogen and oxygen atoms in total. The Morgan fingerprint density at radius 1 is 1.25 bits per heavy atom. The van der Waals surface area contributed by atoms with E-state index < -0.39 is 22.2 Å². The van der Waals surface area contributed by atoms with Gasteiger partial charge in [-0.05, 0) is 68.8 Å². The number of alkyl carbamates (subject to hydrolysis) is 1. The van der Waals surface area contributed by atoms with Crippen LogP contribution in [-0.4, -0.2) is 28.6 Å². The minimum absolute atomic E-state index is 0.0306. The summed E-state index contributed by atoms with van der Waals surface area (Å²) < 4.78 is 5.27. The van der Waals surface area contributed by atoms with E-state index in [1.165, 1.54) is 12.1 Å². The minimum atomic E-state index is -0.863. The van der Waals surface area contributed by atoms with Crippen molar-refractivity contribution in [2.24, 2.45) is 5.41 Å². The number of ether oxygens (including phenoxy) is 1. The van der Waals surface area contributed by atoms with Crippen LogP contribution in [0.4, 0.5) is 10.5 Å². The molecule has 3 rings (SSSR count). The first-order valence-corrected chi connectivity index (χ1v) is 10.2. The second-order valence-corrected chi connectivity index (χ2v) is 9.19. The van der Waals surface area contributed by atoms with E-state index in [0.29, 0.717) is 6.42 Å². The van der Waals surface area contributed by atoms with E-state index in [0.717, 1.165) is 17.0 Å². The number of hydrogen-bond donors (Lipinski definition) is 1. The van der Waals surface area contributed by atoms with Gasteiger partial charge in [0.15, 0.2) is 5.78 Å². The Labute approximate surface area is 186 Å². The molecule has 1 aliphatic heterocycles. The lowest BCUT2D eigenvalue weighted by Crippen LogP contribution is -2.38. The zero-order valence-electron chi connectivity index (χ0n) is 18.7. The van der Waals surface area contributed by atoms with Crippen LogP contribution in [0.5, 0.6) is 5.75 Å². The number of carbonyl (C=O) groups excluding carboxylic acids is 2. The Morgan fingerprint density at radius 2 is 1.91 bits per heavy atom. The van der Waals surface area contributed by atoms with Gasteiger partial charge in [0.2, 0.25) is 0 Å². The Hall–Kier alpha value is -3.62. The monoisotopic (exact) mass is 441 g/mol. The molecule has 9 heteroatoms. The molecule has 1 unspecified atom stereocenters. The van der Waals surface area contributed by atoms with Gasteiger partial charge >= 0.3 is 6.09 Å². The van der Waals surface area contributed by atoms with Crippen molar-refractivity contribution in [3.05, 3.63) is 70.1 Å². The summed E-state index contributed by atoms with van der Waals surface area (Å²) in [5.74, 6) is 0.141. The maximum absolute atomic E-state index is 12.1. The zero-order chi connectivity index (χ0) is 23.7. The molecule has 1 amide bonds. The first-order chi connectivity index (χ1) is 14.9. The smallest absolute Gasteiger partial charge is 0.411 e. The van der Waals surface area contributed by atoms with Gasteiger partial charge in [0, 0.05) is 29.4 Å². The quantitative estimate of drug-likeness (QED) is 0.536. The molecule has 0 fully saturated rings. The van der Waals surface area contributed by atoms with Crippen LogP contribution in [0.25, 0.3) is 0 Å². The average molecular weight is 441 g/mol. The molecule has 1 atom stereocenters. The lowest BCUT2D eigenvalue weighted by atomic mass is 9.76. The largest absolute Gasteiger partial charge is 0.444 e. The number of hydrogen-bond acceptors (Lipinski definition) is 7. The van der Waals surface area contributed by atoms with Gasteiger partial charge < -0.3 is 9.64 Å². The third kappa shape index (κ3) is 4.99. The normalized spacial score (nSPS) is 19.8. The van der Waals surface area contributed by atoms with Crippen LogP contribution >= 0.6 is 0 Å². The molecule has 1 heterocycles. The second-order valence-electron chi connectivity index (χ2n) is 9.19. The van der Waals surface area contributed by atoms with Gasteiger partial charge in [-0.1, -0.05) is 13.8 Å². The summed E-state index contributed by atoms with van der Waals surface area (Å²) in [4.78, 5) is 41.3. The SMILES string of the molecule is CC(C)(C)OC(=O)N/C=C/C1N(c2ccc(O[N+](=O)[O-])cc2)C2=C(CC(=O)C=C2)C1(C)C. The van der Waals surface area contributed by atoms with Crippen LogP contribution < -0.4 is 15.1 Å². The van der Waals surface area contributed by atoms with Crippen LogP contribution in [0.2, 0.25) is 0 Å². The Morgan fingerprint density at radius 3 is 2.50 bits per heavy atom. The molecule has 2 aliphatic rings. The Kier molecular flexibility index (Phi) is 6.11. The molecule has 0 saturated heterocycles. The van der Waals surface area contributed by atoms with Crippen molar-refractivity contribution in [3.63, 3.8) is 0 Å². The van der Waals surface area contributed by atoms with Gasteiger partial charge in [0.1, 0.15) is 11.4 Å². The summed E-state index contributed by atoms with van der Waals surface area (Å²) in [5, 5.41) is 12.4. The van der Waals surface area contributed by atoms with E-state index >= 15 is 0 Å². The Balaban J connectivity index is 1.92. The third-order valence-electron chi connectivity index (χ3n) is 5.32. The van der Waals surface area contributed by atoms with E-state index in [9.17, 15) is 19.7 Å². The standard InChI is InChI=1S/C23H27N3O6/c1-22(2,3)31-21(28)24-13-12-20-23(4,5)18-14-16(27)8-11-19(18)25(20)15-6-9-17(10-7-15)32-26(29)30/h6-13,20H,14H2,1-5H3,(H,24,28)/b13-12+. The molecule has 1 aliphatic carbocycles. The van der Waals surface area contributed by atoms with Crippen LogP contribution in [0.15, 0.2) is 60.0 Å². The van der Waals surface area contributed by atoms with Crippen LogP contribution in [0, 0.1) is 15.5 Å². The number of nitrogens with one attached hydrogen (secondary N) is 1. The molecule has 0 radical (unpaired) electrons. The highest BCUT2D eigenvalue weighted by molar-refractivity contribution is 5.95. The number of nitrogens with zero attached hydrogens (tertiary/aromatic N) is 2. The molecule has 170 valence electrons. The summed E-state index contributed by atoms with van der Waals surface area (Å²) >= 11 is 0. The summed E-state index contributed by atoms with van der Waals surface area (Å²) in [5.41, 5.74) is 1.62. The maximum atomic E-state index is 12.1. The first-order valence-electron chi connectivity index (χ1n) is 10.2. The van der Waals surface area contributed by atoms with E-state index in [-0.39, 0.29) is 17.6 Å². The van der Waals surface area contributed by atoms with E-state index in [1.807, 2.05) is 24.8 Å². The van der Waals surface area contributed by atoms with Crippen molar-refractivity contribution >= 4 is 17.6 Å². The molecular formula is C23H27N3O6. The molecule has 1 aromatic carbocycles.